The van der Waals surface area contributed by atoms with E-state index >= 15 is 0 Å². The number of ether oxygens (including phenoxy) is 1. The molecule has 2 aromatic rings. The molecular weight excluding hydrogens is 306 g/mol. The van der Waals surface area contributed by atoms with Gasteiger partial charge in [-0.25, -0.2) is 15.0 Å². The first-order valence-corrected chi connectivity index (χ1v) is 7.09. The first-order valence-electron chi connectivity index (χ1n) is 7.09. The first kappa shape index (κ1) is 16.0. The highest BCUT2D eigenvalue weighted by Crippen LogP contribution is 2.36. The van der Waals surface area contributed by atoms with Gasteiger partial charge in [0.15, 0.2) is 23.2 Å². The fourth-order valence-corrected chi connectivity index (χ4v) is 2.69. The number of hydrogen-bond donors (Lipinski definition) is 5. The van der Waals surface area contributed by atoms with Crippen molar-refractivity contribution in [2.24, 2.45) is 0 Å². The van der Waals surface area contributed by atoms with Gasteiger partial charge < -0.3 is 30.9 Å². The van der Waals surface area contributed by atoms with Crippen LogP contribution in [0.4, 0.5) is 5.82 Å². The van der Waals surface area contributed by atoms with Crippen molar-refractivity contribution in [2.45, 2.75) is 44.0 Å². The fraction of sp³-hybridized carbons (Fsp3) is 0.615. The van der Waals surface area contributed by atoms with Crippen molar-refractivity contribution >= 4 is 17.0 Å². The second kappa shape index (κ2) is 5.35. The lowest BCUT2D eigenvalue weighted by atomic mass is 10.1. The predicted molar refractivity (Wildman–Crippen MR) is 78.0 cm³/mol. The zero-order chi connectivity index (χ0) is 16.9. The average molecular weight is 325 g/mol. The Morgan fingerprint density at radius 2 is 2.00 bits per heavy atom. The molecule has 0 amide bonds. The summed E-state index contributed by atoms with van der Waals surface area (Å²) in [7, 11) is 0. The summed E-state index contributed by atoms with van der Waals surface area (Å²) in [5.41, 5.74) is 4.91. The number of anilines is 1. The minimum absolute atomic E-state index is 0.117. The maximum atomic E-state index is 10.4. The molecule has 1 aliphatic rings. The highest BCUT2D eigenvalue weighted by atomic mass is 16.6. The van der Waals surface area contributed by atoms with Crippen molar-refractivity contribution in [1.82, 2.24) is 19.5 Å². The molecule has 1 fully saturated rings. The molecule has 0 aliphatic carbocycles. The van der Waals surface area contributed by atoms with E-state index in [-0.39, 0.29) is 22.8 Å². The van der Waals surface area contributed by atoms with Crippen LogP contribution in [0.5, 0.6) is 0 Å². The third-order valence-corrected chi connectivity index (χ3v) is 3.82. The minimum atomic E-state index is -1.39. The first-order chi connectivity index (χ1) is 10.8. The molecule has 3 rings (SSSR count). The molecule has 2 aromatic heterocycles. The molecule has 10 heteroatoms. The molecule has 0 radical (unpaired) electrons. The van der Waals surface area contributed by atoms with Gasteiger partial charge in [0.05, 0.1) is 6.61 Å². The van der Waals surface area contributed by atoms with E-state index in [0.29, 0.717) is 0 Å². The number of nitrogens with zero attached hydrogens (tertiary/aromatic N) is 4. The van der Waals surface area contributed by atoms with Gasteiger partial charge in [-0.3, -0.25) is 4.57 Å². The van der Waals surface area contributed by atoms with Crippen molar-refractivity contribution in [1.29, 1.82) is 0 Å². The molecule has 4 atom stereocenters. The molecule has 0 bridgehead atoms. The van der Waals surface area contributed by atoms with Crippen LogP contribution in [0.2, 0.25) is 0 Å². The molecule has 3 heterocycles. The van der Waals surface area contributed by atoms with Crippen molar-refractivity contribution in [2.75, 3.05) is 12.3 Å². The number of aliphatic hydroxyl groups excluding tert-OH is 3. The largest absolute Gasteiger partial charge is 0.394 e. The normalized spacial score (nSPS) is 28.6. The number of fused-ring (bicyclic) bond motifs is 1. The average Bonchev–Trinajstić information content (AvgIpc) is 2.99. The van der Waals surface area contributed by atoms with E-state index in [1.807, 2.05) is 0 Å². The molecule has 0 spiro atoms. The third-order valence-electron chi connectivity index (χ3n) is 3.82. The van der Waals surface area contributed by atoms with Crippen molar-refractivity contribution in [3.8, 4) is 0 Å². The lowest BCUT2D eigenvalue weighted by Crippen LogP contribution is -2.34. The summed E-state index contributed by atoms with van der Waals surface area (Å²) >= 11 is 0. The summed E-state index contributed by atoms with van der Waals surface area (Å²) in [6, 6.07) is 0. The van der Waals surface area contributed by atoms with E-state index in [0.717, 1.165) is 0 Å². The number of rotatable bonds is 3. The van der Waals surface area contributed by atoms with Crippen LogP contribution in [0.25, 0.3) is 11.2 Å². The summed E-state index contributed by atoms with van der Waals surface area (Å²) in [6.45, 7) is 2.56. The standard InChI is InChI=1S/C13H19N5O5/c1-13(2,22)12-17-6-9(14)15-4-16-10(6)18(12)11-8(21)7(20)5(3-19)23-11/h4-5,7-8,11,19-22H,3H2,1-2H3,(H2,14,15,16). The van der Waals surface area contributed by atoms with E-state index < -0.39 is 36.7 Å². The second-order valence-corrected chi connectivity index (χ2v) is 6.02. The highest BCUT2D eigenvalue weighted by molar-refractivity contribution is 5.82. The van der Waals surface area contributed by atoms with Gasteiger partial charge in [0.1, 0.15) is 36.1 Å². The Morgan fingerprint density at radius 1 is 1.30 bits per heavy atom. The van der Waals surface area contributed by atoms with Crippen molar-refractivity contribution in [3.05, 3.63) is 12.2 Å². The zero-order valence-corrected chi connectivity index (χ0v) is 12.7. The monoisotopic (exact) mass is 325 g/mol. The molecule has 0 saturated carbocycles. The SMILES string of the molecule is CC(C)(O)c1nc2c(N)ncnc2n1C1OC(CO)C(O)C1O. The van der Waals surface area contributed by atoms with E-state index in [1.165, 1.54) is 24.7 Å². The van der Waals surface area contributed by atoms with Gasteiger partial charge >= 0.3 is 0 Å². The zero-order valence-electron chi connectivity index (χ0n) is 12.7. The fourth-order valence-electron chi connectivity index (χ4n) is 2.69. The molecule has 1 saturated heterocycles. The van der Waals surface area contributed by atoms with Gasteiger partial charge in [-0.1, -0.05) is 0 Å². The number of imidazole rings is 1. The van der Waals surface area contributed by atoms with E-state index in [1.54, 1.807) is 0 Å². The molecule has 126 valence electrons. The number of nitrogen functional groups attached to an aromatic ring is 1. The number of aromatic nitrogens is 4. The molecule has 0 aromatic carbocycles. The number of hydrogen-bond acceptors (Lipinski definition) is 9. The highest BCUT2D eigenvalue weighted by Gasteiger charge is 2.46. The van der Waals surface area contributed by atoms with Gasteiger partial charge in [-0.15, -0.1) is 0 Å². The van der Waals surface area contributed by atoms with E-state index in [4.69, 9.17) is 10.5 Å². The van der Waals surface area contributed by atoms with Crippen LogP contribution in [0, 0.1) is 0 Å². The Balaban J connectivity index is 2.22. The smallest absolute Gasteiger partial charge is 0.167 e. The molecule has 10 nitrogen and oxygen atoms in total. The topological polar surface area (TPSA) is 160 Å². The Labute approximate surface area is 131 Å². The van der Waals surface area contributed by atoms with Crippen LogP contribution in [0.15, 0.2) is 6.33 Å². The molecule has 4 unspecified atom stereocenters. The lowest BCUT2D eigenvalue weighted by Gasteiger charge is -2.24. The van der Waals surface area contributed by atoms with Crippen molar-refractivity contribution in [3.63, 3.8) is 0 Å². The van der Waals surface area contributed by atoms with Crippen LogP contribution in [-0.2, 0) is 10.3 Å². The van der Waals surface area contributed by atoms with Crippen LogP contribution >= 0.6 is 0 Å². The quantitative estimate of drug-likeness (QED) is 0.440. The molecule has 23 heavy (non-hydrogen) atoms. The Hall–Kier alpha value is -1.85. The second-order valence-electron chi connectivity index (χ2n) is 6.02. The Morgan fingerprint density at radius 3 is 2.57 bits per heavy atom. The van der Waals surface area contributed by atoms with Gasteiger partial charge in [-0.2, -0.15) is 0 Å². The maximum absolute atomic E-state index is 10.4. The van der Waals surface area contributed by atoms with E-state index in [2.05, 4.69) is 15.0 Å². The van der Waals surface area contributed by atoms with Crippen LogP contribution in [-0.4, -0.2) is 64.9 Å². The summed E-state index contributed by atoms with van der Waals surface area (Å²) in [5, 5.41) is 39.8. The van der Waals surface area contributed by atoms with Gasteiger partial charge in [-0.05, 0) is 13.8 Å². The number of nitrogens with two attached hydrogens (primary N) is 1. The maximum Gasteiger partial charge on any atom is 0.167 e. The van der Waals surface area contributed by atoms with Gasteiger partial charge in [0, 0.05) is 0 Å². The van der Waals surface area contributed by atoms with Gasteiger partial charge in [0.25, 0.3) is 0 Å². The Bertz CT molecular complexity index is 727. The van der Waals surface area contributed by atoms with Crippen LogP contribution < -0.4 is 5.73 Å². The Kier molecular flexibility index (Phi) is 3.73. The summed E-state index contributed by atoms with van der Waals surface area (Å²) < 4.78 is 6.90. The molecule has 6 N–H and O–H groups in total. The minimum Gasteiger partial charge on any atom is -0.394 e. The molecular formula is C13H19N5O5. The lowest BCUT2D eigenvalue weighted by molar-refractivity contribution is -0.0582. The van der Waals surface area contributed by atoms with Gasteiger partial charge in [0.2, 0.25) is 0 Å². The number of aliphatic hydroxyl groups is 4. The summed E-state index contributed by atoms with van der Waals surface area (Å²) in [5.74, 6) is 0.264. The van der Waals surface area contributed by atoms with Crippen molar-refractivity contribution < 1.29 is 25.2 Å². The molecule has 1 aliphatic heterocycles. The summed E-state index contributed by atoms with van der Waals surface area (Å²) in [6.07, 6.45) is -3.42. The third kappa shape index (κ3) is 2.44. The van der Waals surface area contributed by atoms with Crippen LogP contribution in [0.1, 0.15) is 25.9 Å². The van der Waals surface area contributed by atoms with Crippen LogP contribution in [0.3, 0.4) is 0 Å². The van der Waals surface area contributed by atoms with E-state index in [9.17, 15) is 20.4 Å². The summed E-state index contributed by atoms with van der Waals surface area (Å²) in [4.78, 5) is 12.2. The predicted octanol–water partition coefficient (Wildman–Crippen LogP) is -1.75.